The molecule has 0 saturated carbocycles. The van der Waals surface area contributed by atoms with Gasteiger partial charge in [0.15, 0.2) is 5.82 Å². The molecule has 11 rings (SSSR count). The summed E-state index contributed by atoms with van der Waals surface area (Å²) in [6.07, 6.45) is 1.71. The number of para-hydroxylation sites is 2. The minimum absolute atomic E-state index is 0.919. The van der Waals surface area contributed by atoms with E-state index in [1.54, 1.807) is 17.7 Å². The molecular weight excluding hydrogens is 641 g/mol. The quantitative estimate of drug-likeness (QED) is 0.187. The maximum Gasteiger partial charge on any atom is 0.159 e. The van der Waals surface area contributed by atoms with E-state index >= 15 is 0 Å². The Balaban J connectivity index is 1.13. The SMILES string of the molecule is c1ccc(-c2cccc(-c3ccc(-n4c5ccccc5c5c6c7ccccc7n(-c7ncnc8c7sc7ccccc78)c6ccc54)cc3)c2)cc1. The van der Waals surface area contributed by atoms with Gasteiger partial charge in [-0.3, -0.25) is 4.57 Å². The van der Waals surface area contributed by atoms with Crippen LogP contribution in [0.1, 0.15) is 0 Å². The number of hydrogen-bond donors (Lipinski definition) is 0. The number of aromatic nitrogens is 4. The predicted molar refractivity (Wildman–Crippen MR) is 214 cm³/mol. The second kappa shape index (κ2) is 11.0. The lowest BCUT2D eigenvalue weighted by atomic mass is 9.99. The highest BCUT2D eigenvalue weighted by molar-refractivity contribution is 7.26. The summed E-state index contributed by atoms with van der Waals surface area (Å²) in [7, 11) is 0. The summed E-state index contributed by atoms with van der Waals surface area (Å²) in [6, 6.07) is 59.0. The van der Waals surface area contributed by atoms with Gasteiger partial charge in [0.2, 0.25) is 0 Å². The van der Waals surface area contributed by atoms with Crippen LogP contribution in [0.3, 0.4) is 0 Å². The van der Waals surface area contributed by atoms with E-state index in [2.05, 4.69) is 173 Å². The van der Waals surface area contributed by atoms with Crippen LogP contribution in [0.25, 0.3) is 97.7 Å². The van der Waals surface area contributed by atoms with Gasteiger partial charge in [-0.25, -0.2) is 9.97 Å². The van der Waals surface area contributed by atoms with E-state index in [1.807, 2.05) is 0 Å². The molecular formula is C46H28N4S. The van der Waals surface area contributed by atoms with Crippen LogP contribution in [0, 0.1) is 0 Å². The van der Waals surface area contributed by atoms with Crippen LogP contribution in [-0.2, 0) is 0 Å². The van der Waals surface area contributed by atoms with Gasteiger partial charge in [-0.05, 0) is 70.8 Å². The molecule has 0 bridgehead atoms. The Kier molecular flexibility index (Phi) is 6.09. The molecule has 0 N–H and O–H groups in total. The molecule has 4 heterocycles. The van der Waals surface area contributed by atoms with Crippen molar-refractivity contribution in [3.63, 3.8) is 0 Å². The maximum atomic E-state index is 4.95. The molecule has 0 aliphatic rings. The fraction of sp³-hybridized carbons (Fsp3) is 0. The summed E-state index contributed by atoms with van der Waals surface area (Å²) < 4.78 is 7.07. The smallest absolute Gasteiger partial charge is 0.159 e. The van der Waals surface area contributed by atoms with Crippen molar-refractivity contribution in [2.45, 2.75) is 0 Å². The third-order valence-electron chi connectivity index (χ3n) is 10.3. The van der Waals surface area contributed by atoms with Crippen LogP contribution < -0.4 is 0 Å². The number of benzene rings is 7. The third-order valence-corrected chi connectivity index (χ3v) is 11.4. The van der Waals surface area contributed by atoms with Crippen molar-refractivity contribution in [1.29, 1.82) is 0 Å². The van der Waals surface area contributed by atoms with Crippen molar-refractivity contribution in [2.24, 2.45) is 0 Å². The standard InChI is InChI=1S/C46H28N4S/c1-2-11-29(12-3-1)31-13-10-14-32(27-31)30-21-23-33(24-22-30)49-37-18-7-4-15-34(37)42-39(49)25-26-40-43(42)35-16-5-8-19-38(35)50(40)46-45-44(47-28-48-46)36-17-6-9-20-41(36)51-45/h1-28H. The van der Waals surface area contributed by atoms with Crippen molar-refractivity contribution < 1.29 is 0 Å². The average molecular weight is 669 g/mol. The molecule has 4 aromatic heterocycles. The Morgan fingerprint density at radius 2 is 0.980 bits per heavy atom. The van der Waals surface area contributed by atoms with Crippen LogP contribution >= 0.6 is 11.3 Å². The summed E-state index contributed by atoms with van der Waals surface area (Å²) in [6.45, 7) is 0. The first-order valence-electron chi connectivity index (χ1n) is 17.2. The van der Waals surface area contributed by atoms with E-state index < -0.39 is 0 Å². The Morgan fingerprint density at radius 3 is 1.71 bits per heavy atom. The van der Waals surface area contributed by atoms with Gasteiger partial charge in [0.05, 0.1) is 32.3 Å². The van der Waals surface area contributed by atoms with Crippen LogP contribution in [0.4, 0.5) is 0 Å². The Hall–Kier alpha value is -6.56. The van der Waals surface area contributed by atoms with Crippen molar-refractivity contribution in [2.75, 3.05) is 0 Å². The lowest BCUT2D eigenvalue weighted by molar-refractivity contribution is 1.08. The number of thiophene rings is 1. The van der Waals surface area contributed by atoms with E-state index in [-0.39, 0.29) is 0 Å². The third kappa shape index (κ3) is 4.19. The predicted octanol–water partition coefficient (Wildman–Crippen LogP) is 12.4. The first-order valence-corrected chi connectivity index (χ1v) is 18.0. The first-order chi connectivity index (χ1) is 25.3. The Bertz CT molecular complexity index is 3130. The minimum Gasteiger partial charge on any atom is -0.309 e. The van der Waals surface area contributed by atoms with Crippen LogP contribution in [0.15, 0.2) is 170 Å². The lowest BCUT2D eigenvalue weighted by Gasteiger charge is -2.11. The molecule has 4 nitrogen and oxygen atoms in total. The number of rotatable bonds is 4. The van der Waals surface area contributed by atoms with Crippen LogP contribution in [0.5, 0.6) is 0 Å². The molecule has 5 heteroatoms. The molecule has 0 atom stereocenters. The van der Waals surface area contributed by atoms with Gasteiger partial charge in [-0.2, -0.15) is 0 Å². The van der Waals surface area contributed by atoms with Gasteiger partial charge in [-0.15, -0.1) is 11.3 Å². The number of fused-ring (bicyclic) bond motifs is 10. The molecule has 0 unspecified atom stereocenters. The highest BCUT2D eigenvalue weighted by Gasteiger charge is 2.22. The van der Waals surface area contributed by atoms with Gasteiger partial charge in [0.25, 0.3) is 0 Å². The van der Waals surface area contributed by atoms with Crippen LogP contribution in [0.2, 0.25) is 0 Å². The molecule has 0 saturated heterocycles. The van der Waals surface area contributed by atoms with Crippen molar-refractivity contribution in [1.82, 2.24) is 19.1 Å². The molecule has 0 aliphatic heterocycles. The monoisotopic (exact) mass is 668 g/mol. The molecule has 0 fully saturated rings. The zero-order valence-electron chi connectivity index (χ0n) is 27.4. The fourth-order valence-corrected chi connectivity index (χ4v) is 9.14. The molecule has 0 radical (unpaired) electrons. The summed E-state index contributed by atoms with van der Waals surface area (Å²) in [4.78, 5) is 9.71. The van der Waals surface area contributed by atoms with Gasteiger partial charge in [-0.1, -0.05) is 115 Å². The number of hydrogen-bond acceptors (Lipinski definition) is 3. The van der Waals surface area contributed by atoms with Crippen molar-refractivity contribution in [3.05, 3.63) is 170 Å². The van der Waals surface area contributed by atoms with E-state index in [0.717, 1.165) is 32.8 Å². The maximum absolute atomic E-state index is 4.95. The zero-order chi connectivity index (χ0) is 33.5. The molecule has 51 heavy (non-hydrogen) atoms. The van der Waals surface area contributed by atoms with Gasteiger partial charge < -0.3 is 4.57 Å². The first kappa shape index (κ1) is 28.3. The lowest BCUT2D eigenvalue weighted by Crippen LogP contribution is -1.98. The van der Waals surface area contributed by atoms with Gasteiger partial charge in [0, 0.05) is 37.3 Å². The summed E-state index contributed by atoms with van der Waals surface area (Å²) >= 11 is 1.76. The zero-order valence-corrected chi connectivity index (χ0v) is 28.2. The van der Waals surface area contributed by atoms with Crippen LogP contribution in [-0.4, -0.2) is 19.1 Å². The second-order valence-electron chi connectivity index (χ2n) is 13.0. The second-order valence-corrected chi connectivity index (χ2v) is 14.1. The largest absolute Gasteiger partial charge is 0.309 e. The highest BCUT2D eigenvalue weighted by atomic mass is 32.1. The summed E-state index contributed by atoms with van der Waals surface area (Å²) in [5.74, 6) is 0.919. The average Bonchev–Trinajstić information content (AvgIpc) is 3.86. The van der Waals surface area contributed by atoms with E-state index in [0.29, 0.717) is 0 Å². The van der Waals surface area contributed by atoms with E-state index in [1.165, 1.54) is 64.9 Å². The van der Waals surface area contributed by atoms with Gasteiger partial charge in [0.1, 0.15) is 6.33 Å². The molecule has 0 aliphatic carbocycles. The highest BCUT2D eigenvalue weighted by Crippen LogP contribution is 2.44. The summed E-state index contributed by atoms with van der Waals surface area (Å²) in [5, 5.41) is 6.10. The topological polar surface area (TPSA) is 35.6 Å². The van der Waals surface area contributed by atoms with Gasteiger partial charge >= 0.3 is 0 Å². The molecule has 0 amide bonds. The minimum atomic E-state index is 0.919. The Labute approximate surface area is 297 Å². The molecule has 238 valence electrons. The molecule has 0 spiro atoms. The normalized spacial score (nSPS) is 11.9. The van der Waals surface area contributed by atoms with Crippen molar-refractivity contribution in [3.8, 4) is 33.8 Å². The van der Waals surface area contributed by atoms with E-state index in [4.69, 9.17) is 9.97 Å². The fourth-order valence-electron chi connectivity index (χ4n) is 8.01. The number of nitrogens with zero attached hydrogens (tertiary/aromatic N) is 4. The molecule has 7 aromatic carbocycles. The Morgan fingerprint density at radius 1 is 0.412 bits per heavy atom. The molecule has 11 aromatic rings. The van der Waals surface area contributed by atoms with Crippen molar-refractivity contribution >= 4 is 75.3 Å². The van der Waals surface area contributed by atoms with E-state index in [9.17, 15) is 0 Å². The summed E-state index contributed by atoms with van der Waals surface area (Å²) in [5.41, 5.74) is 11.6.